The first-order valence-electron chi connectivity index (χ1n) is 6.54. The molecule has 0 radical (unpaired) electrons. The number of aryl methyl sites for hydroxylation is 3. The van der Waals surface area contributed by atoms with Crippen LogP contribution in [0.2, 0.25) is 0 Å². The van der Waals surface area contributed by atoms with Crippen molar-refractivity contribution in [1.29, 1.82) is 0 Å². The molecule has 2 atom stereocenters. The molecule has 3 N–H and O–H groups in total. The fourth-order valence-corrected chi connectivity index (χ4v) is 2.36. The third kappa shape index (κ3) is 2.72. The Labute approximate surface area is 114 Å². The van der Waals surface area contributed by atoms with Gasteiger partial charge in [0, 0.05) is 18.0 Å². The number of aliphatic hydroxyl groups excluding tert-OH is 1. The van der Waals surface area contributed by atoms with Gasteiger partial charge in [0.1, 0.15) is 5.76 Å². The van der Waals surface area contributed by atoms with Crippen LogP contribution in [0.15, 0.2) is 34.9 Å². The number of nitrogens with two attached hydrogens (primary N) is 1. The van der Waals surface area contributed by atoms with Gasteiger partial charge in [-0.05, 0) is 43.5 Å². The van der Waals surface area contributed by atoms with Crippen molar-refractivity contribution in [2.45, 2.75) is 32.8 Å². The second-order valence-electron chi connectivity index (χ2n) is 5.06. The van der Waals surface area contributed by atoms with Gasteiger partial charge in [0.15, 0.2) is 0 Å². The molecule has 0 bridgehead atoms. The van der Waals surface area contributed by atoms with Crippen LogP contribution in [0.4, 0.5) is 0 Å². The van der Waals surface area contributed by atoms with E-state index in [1.54, 1.807) is 6.26 Å². The highest BCUT2D eigenvalue weighted by Gasteiger charge is 2.24. The van der Waals surface area contributed by atoms with E-state index in [9.17, 15) is 5.11 Å². The molecular formula is C16H21NO2. The molecule has 0 spiro atoms. The number of benzene rings is 1. The fourth-order valence-electron chi connectivity index (χ4n) is 2.36. The van der Waals surface area contributed by atoms with Gasteiger partial charge in [-0.25, -0.2) is 0 Å². The standard InChI is InChI=1S/C16H21NO2/c1-10-4-5-13(8-11(10)2)15(9-17)16(18)14-6-7-19-12(14)3/h4-8,15-16,18H,9,17H2,1-3H3. The lowest BCUT2D eigenvalue weighted by Gasteiger charge is -2.22. The van der Waals surface area contributed by atoms with Crippen molar-refractivity contribution in [2.75, 3.05) is 6.54 Å². The minimum atomic E-state index is -0.633. The van der Waals surface area contributed by atoms with Gasteiger partial charge >= 0.3 is 0 Å². The first kappa shape index (κ1) is 13.8. The predicted molar refractivity (Wildman–Crippen MR) is 76.1 cm³/mol. The Bertz CT molecular complexity index is 560. The van der Waals surface area contributed by atoms with Crippen LogP contribution in [-0.4, -0.2) is 11.7 Å². The number of aliphatic hydroxyl groups is 1. The zero-order valence-electron chi connectivity index (χ0n) is 11.7. The van der Waals surface area contributed by atoms with Crippen LogP contribution in [0.3, 0.4) is 0 Å². The van der Waals surface area contributed by atoms with Gasteiger partial charge in [0.05, 0.1) is 12.4 Å². The quantitative estimate of drug-likeness (QED) is 0.887. The van der Waals surface area contributed by atoms with Crippen LogP contribution in [0.5, 0.6) is 0 Å². The Hall–Kier alpha value is -1.58. The van der Waals surface area contributed by atoms with Gasteiger partial charge in [0.2, 0.25) is 0 Å². The minimum absolute atomic E-state index is 0.115. The summed E-state index contributed by atoms with van der Waals surface area (Å²) in [7, 11) is 0. The Balaban J connectivity index is 2.34. The van der Waals surface area contributed by atoms with E-state index < -0.39 is 6.10 Å². The Kier molecular flexibility index (Phi) is 4.08. The van der Waals surface area contributed by atoms with Crippen molar-refractivity contribution in [3.8, 4) is 0 Å². The summed E-state index contributed by atoms with van der Waals surface area (Å²) in [6, 6.07) is 8.02. The van der Waals surface area contributed by atoms with Gasteiger partial charge < -0.3 is 15.3 Å². The highest BCUT2D eigenvalue weighted by Crippen LogP contribution is 2.33. The summed E-state index contributed by atoms with van der Waals surface area (Å²) in [6.07, 6.45) is 0.966. The van der Waals surface area contributed by atoms with E-state index in [4.69, 9.17) is 10.2 Å². The normalized spacial score (nSPS) is 14.4. The fraction of sp³-hybridized carbons (Fsp3) is 0.375. The maximum atomic E-state index is 10.5. The Morgan fingerprint density at radius 2 is 1.89 bits per heavy atom. The maximum Gasteiger partial charge on any atom is 0.106 e. The van der Waals surface area contributed by atoms with Gasteiger partial charge in [-0.3, -0.25) is 0 Å². The van der Waals surface area contributed by atoms with E-state index in [2.05, 4.69) is 26.0 Å². The van der Waals surface area contributed by atoms with Crippen LogP contribution in [-0.2, 0) is 0 Å². The summed E-state index contributed by atoms with van der Waals surface area (Å²) >= 11 is 0. The monoisotopic (exact) mass is 259 g/mol. The van der Waals surface area contributed by atoms with Crippen LogP contribution >= 0.6 is 0 Å². The van der Waals surface area contributed by atoms with E-state index in [0.29, 0.717) is 6.54 Å². The zero-order chi connectivity index (χ0) is 14.0. The van der Waals surface area contributed by atoms with Crippen molar-refractivity contribution in [3.63, 3.8) is 0 Å². The molecule has 3 nitrogen and oxygen atoms in total. The van der Waals surface area contributed by atoms with E-state index >= 15 is 0 Å². The van der Waals surface area contributed by atoms with Crippen LogP contribution in [0.1, 0.15) is 40.0 Å². The second kappa shape index (κ2) is 5.59. The van der Waals surface area contributed by atoms with Crippen LogP contribution < -0.4 is 5.73 Å². The van der Waals surface area contributed by atoms with Crippen LogP contribution in [0.25, 0.3) is 0 Å². The number of furan rings is 1. The molecule has 0 aliphatic carbocycles. The molecule has 0 fully saturated rings. The summed E-state index contributed by atoms with van der Waals surface area (Å²) in [5, 5.41) is 10.5. The first-order valence-corrected chi connectivity index (χ1v) is 6.54. The SMILES string of the molecule is Cc1ccc(C(CN)C(O)c2ccoc2C)cc1C. The van der Waals surface area contributed by atoms with Gasteiger partial charge in [-0.15, -0.1) is 0 Å². The molecule has 3 heteroatoms. The molecule has 0 amide bonds. The van der Waals surface area contributed by atoms with E-state index in [1.807, 2.05) is 19.1 Å². The number of hydrogen-bond donors (Lipinski definition) is 2. The average Bonchev–Trinajstić information content (AvgIpc) is 2.80. The number of hydrogen-bond acceptors (Lipinski definition) is 3. The first-order chi connectivity index (χ1) is 9.04. The van der Waals surface area contributed by atoms with E-state index in [0.717, 1.165) is 16.9 Å². The summed E-state index contributed by atoms with van der Waals surface area (Å²) in [5.74, 6) is 0.630. The molecule has 0 saturated heterocycles. The Morgan fingerprint density at radius 3 is 2.42 bits per heavy atom. The third-order valence-electron chi connectivity index (χ3n) is 3.81. The lowest BCUT2D eigenvalue weighted by molar-refractivity contribution is 0.145. The molecule has 1 aromatic heterocycles. The average molecular weight is 259 g/mol. The van der Waals surface area contributed by atoms with Crippen molar-refractivity contribution >= 4 is 0 Å². The van der Waals surface area contributed by atoms with E-state index in [1.165, 1.54) is 11.1 Å². The lowest BCUT2D eigenvalue weighted by atomic mass is 9.88. The molecule has 19 heavy (non-hydrogen) atoms. The molecular weight excluding hydrogens is 238 g/mol. The van der Waals surface area contributed by atoms with Gasteiger partial charge in [0.25, 0.3) is 0 Å². The molecule has 1 aromatic carbocycles. The molecule has 0 aliphatic rings. The van der Waals surface area contributed by atoms with Crippen molar-refractivity contribution in [3.05, 3.63) is 58.5 Å². The van der Waals surface area contributed by atoms with Crippen molar-refractivity contribution in [2.24, 2.45) is 5.73 Å². The highest BCUT2D eigenvalue weighted by molar-refractivity contribution is 5.34. The third-order valence-corrected chi connectivity index (χ3v) is 3.81. The smallest absolute Gasteiger partial charge is 0.106 e. The van der Waals surface area contributed by atoms with Gasteiger partial charge in [-0.1, -0.05) is 18.2 Å². The Morgan fingerprint density at radius 1 is 1.16 bits per heavy atom. The molecule has 1 heterocycles. The minimum Gasteiger partial charge on any atom is -0.469 e. The van der Waals surface area contributed by atoms with Crippen molar-refractivity contribution < 1.29 is 9.52 Å². The number of rotatable bonds is 4. The molecule has 2 unspecified atom stereocenters. The topological polar surface area (TPSA) is 59.4 Å². The summed E-state index contributed by atoms with van der Waals surface area (Å²) in [5.41, 5.74) is 10.2. The van der Waals surface area contributed by atoms with Gasteiger partial charge in [-0.2, -0.15) is 0 Å². The summed E-state index contributed by atoms with van der Waals surface area (Å²) in [6.45, 7) is 6.40. The summed E-state index contributed by atoms with van der Waals surface area (Å²) < 4.78 is 5.26. The largest absolute Gasteiger partial charge is 0.469 e. The second-order valence-corrected chi connectivity index (χ2v) is 5.06. The zero-order valence-corrected chi connectivity index (χ0v) is 11.7. The summed E-state index contributed by atoms with van der Waals surface area (Å²) in [4.78, 5) is 0. The maximum absolute atomic E-state index is 10.5. The van der Waals surface area contributed by atoms with Crippen LogP contribution in [0, 0.1) is 20.8 Å². The molecule has 102 valence electrons. The van der Waals surface area contributed by atoms with Crippen molar-refractivity contribution in [1.82, 2.24) is 0 Å². The molecule has 0 saturated carbocycles. The van der Waals surface area contributed by atoms with E-state index in [-0.39, 0.29) is 5.92 Å². The lowest BCUT2D eigenvalue weighted by Crippen LogP contribution is -2.20. The highest BCUT2D eigenvalue weighted by atomic mass is 16.3. The predicted octanol–water partition coefficient (Wildman–Crippen LogP) is 2.98. The molecule has 2 rings (SSSR count). The molecule has 2 aromatic rings. The molecule has 0 aliphatic heterocycles.